The van der Waals surface area contributed by atoms with Gasteiger partial charge in [0.25, 0.3) is 0 Å². The zero-order valence-electron chi connectivity index (χ0n) is 12.1. The predicted molar refractivity (Wildman–Crippen MR) is 77.5 cm³/mol. The van der Waals surface area contributed by atoms with Crippen LogP contribution in [-0.4, -0.2) is 26.0 Å². The third-order valence-electron chi connectivity index (χ3n) is 4.23. The molecule has 1 fully saturated rings. The summed E-state index contributed by atoms with van der Waals surface area (Å²) in [5, 5.41) is 3.59. The highest BCUT2D eigenvalue weighted by Gasteiger charge is 2.26. The summed E-state index contributed by atoms with van der Waals surface area (Å²) in [4.78, 5) is 0. The molecule has 1 saturated carbocycles. The van der Waals surface area contributed by atoms with Crippen LogP contribution in [0.15, 0.2) is 18.2 Å². The number of benzene rings is 1. The van der Waals surface area contributed by atoms with Gasteiger partial charge in [-0.1, -0.05) is 13.3 Å². The molecule has 2 atom stereocenters. The second-order valence-corrected chi connectivity index (χ2v) is 5.51. The summed E-state index contributed by atoms with van der Waals surface area (Å²) in [5.41, 5.74) is 0. The van der Waals surface area contributed by atoms with Gasteiger partial charge in [0.05, 0.1) is 6.61 Å². The number of hydrogen-bond acceptors (Lipinski definition) is 4. The molecule has 4 nitrogen and oxygen atoms in total. The fourth-order valence-corrected chi connectivity index (χ4v) is 3.21. The third-order valence-corrected chi connectivity index (χ3v) is 4.23. The zero-order chi connectivity index (χ0) is 13.8. The number of fused-ring (bicyclic) bond motifs is 1. The van der Waals surface area contributed by atoms with E-state index in [0.717, 1.165) is 42.7 Å². The van der Waals surface area contributed by atoms with Gasteiger partial charge >= 0.3 is 0 Å². The van der Waals surface area contributed by atoms with E-state index < -0.39 is 0 Å². The van der Waals surface area contributed by atoms with E-state index in [2.05, 4.69) is 12.2 Å². The minimum absolute atomic E-state index is 0.311. The molecule has 2 aliphatic rings. The molecule has 0 amide bonds. The van der Waals surface area contributed by atoms with Gasteiger partial charge in [-0.3, -0.25) is 0 Å². The van der Waals surface area contributed by atoms with Crippen LogP contribution in [0.3, 0.4) is 0 Å². The summed E-state index contributed by atoms with van der Waals surface area (Å²) < 4.78 is 16.5. The molecular weight excluding hydrogens is 254 g/mol. The minimum Gasteiger partial charge on any atom is -0.493 e. The van der Waals surface area contributed by atoms with E-state index in [4.69, 9.17) is 14.2 Å². The first-order valence-electron chi connectivity index (χ1n) is 7.62. The summed E-state index contributed by atoms with van der Waals surface area (Å²) in [6.07, 6.45) is 5.09. The van der Waals surface area contributed by atoms with E-state index in [1.54, 1.807) is 0 Å². The quantitative estimate of drug-likeness (QED) is 0.868. The highest BCUT2D eigenvalue weighted by Crippen LogP contribution is 2.35. The average molecular weight is 277 g/mol. The Kier molecular flexibility index (Phi) is 4.31. The average Bonchev–Trinajstić information content (AvgIpc) is 3.08. The maximum absolute atomic E-state index is 5.86. The first-order chi connectivity index (χ1) is 9.86. The van der Waals surface area contributed by atoms with Crippen molar-refractivity contribution in [2.45, 2.75) is 38.6 Å². The third kappa shape index (κ3) is 3.01. The molecule has 1 aliphatic carbocycles. The fraction of sp³-hybridized carbons (Fsp3) is 0.625. The van der Waals surface area contributed by atoms with Gasteiger partial charge in [-0.15, -0.1) is 0 Å². The maximum Gasteiger partial charge on any atom is 0.231 e. The van der Waals surface area contributed by atoms with E-state index in [9.17, 15) is 0 Å². The highest BCUT2D eigenvalue weighted by atomic mass is 16.7. The fourth-order valence-electron chi connectivity index (χ4n) is 3.21. The molecule has 0 aromatic heterocycles. The van der Waals surface area contributed by atoms with Crippen molar-refractivity contribution in [1.29, 1.82) is 0 Å². The van der Waals surface area contributed by atoms with Gasteiger partial charge in [0.2, 0.25) is 6.79 Å². The Morgan fingerprint density at radius 3 is 3.05 bits per heavy atom. The van der Waals surface area contributed by atoms with Gasteiger partial charge < -0.3 is 19.5 Å². The molecule has 20 heavy (non-hydrogen) atoms. The minimum atomic E-state index is 0.311. The Labute approximate surface area is 120 Å². The van der Waals surface area contributed by atoms with Crippen molar-refractivity contribution in [2.75, 3.05) is 19.9 Å². The van der Waals surface area contributed by atoms with Gasteiger partial charge in [0.1, 0.15) is 5.75 Å². The Bertz CT molecular complexity index is 449. The van der Waals surface area contributed by atoms with Crippen LogP contribution in [0.4, 0.5) is 0 Å². The van der Waals surface area contributed by atoms with E-state index in [1.165, 1.54) is 19.3 Å². The second kappa shape index (κ2) is 6.35. The first kappa shape index (κ1) is 13.6. The Morgan fingerprint density at radius 1 is 1.25 bits per heavy atom. The van der Waals surface area contributed by atoms with Crippen molar-refractivity contribution in [3.63, 3.8) is 0 Å². The van der Waals surface area contributed by atoms with Gasteiger partial charge in [0, 0.05) is 12.1 Å². The molecule has 1 heterocycles. The zero-order valence-corrected chi connectivity index (χ0v) is 12.1. The molecule has 0 radical (unpaired) electrons. The SMILES string of the molecule is CCNC1CCCC1CCOc1ccc2c(c1)OCO2. The van der Waals surface area contributed by atoms with Crippen LogP contribution in [0.2, 0.25) is 0 Å². The molecule has 1 aromatic rings. The molecule has 0 saturated heterocycles. The number of nitrogens with one attached hydrogen (secondary N) is 1. The summed E-state index contributed by atoms with van der Waals surface area (Å²) in [6.45, 7) is 4.32. The number of ether oxygens (including phenoxy) is 3. The summed E-state index contributed by atoms with van der Waals surface area (Å²) in [7, 11) is 0. The van der Waals surface area contributed by atoms with Crippen LogP contribution in [0, 0.1) is 5.92 Å². The number of hydrogen-bond donors (Lipinski definition) is 1. The Morgan fingerprint density at radius 2 is 2.15 bits per heavy atom. The van der Waals surface area contributed by atoms with Crippen molar-refractivity contribution in [1.82, 2.24) is 5.32 Å². The molecule has 0 bridgehead atoms. The molecular formula is C16H23NO3. The lowest BCUT2D eigenvalue weighted by atomic mass is 10.00. The van der Waals surface area contributed by atoms with Crippen molar-refractivity contribution >= 4 is 0 Å². The van der Waals surface area contributed by atoms with Gasteiger partial charge in [-0.05, 0) is 43.9 Å². The lowest BCUT2D eigenvalue weighted by Gasteiger charge is -2.20. The highest BCUT2D eigenvalue weighted by molar-refractivity contribution is 5.46. The topological polar surface area (TPSA) is 39.7 Å². The van der Waals surface area contributed by atoms with E-state index in [1.807, 2.05) is 18.2 Å². The largest absolute Gasteiger partial charge is 0.493 e. The molecule has 2 unspecified atom stereocenters. The normalized spacial score (nSPS) is 24.1. The molecule has 110 valence electrons. The summed E-state index contributed by atoms with van der Waals surface area (Å²) in [5.74, 6) is 3.21. The smallest absolute Gasteiger partial charge is 0.231 e. The number of rotatable bonds is 6. The van der Waals surface area contributed by atoms with Gasteiger partial charge in [-0.2, -0.15) is 0 Å². The van der Waals surface area contributed by atoms with Crippen molar-refractivity contribution in [3.05, 3.63) is 18.2 Å². The van der Waals surface area contributed by atoms with Crippen LogP contribution in [0.25, 0.3) is 0 Å². The van der Waals surface area contributed by atoms with Crippen molar-refractivity contribution < 1.29 is 14.2 Å². The Hall–Kier alpha value is -1.42. The lowest BCUT2D eigenvalue weighted by Crippen LogP contribution is -2.32. The van der Waals surface area contributed by atoms with Crippen LogP contribution in [-0.2, 0) is 0 Å². The Balaban J connectivity index is 1.47. The molecule has 4 heteroatoms. The maximum atomic E-state index is 5.86. The molecule has 3 rings (SSSR count). The van der Waals surface area contributed by atoms with Crippen LogP contribution >= 0.6 is 0 Å². The second-order valence-electron chi connectivity index (χ2n) is 5.51. The molecule has 0 spiro atoms. The predicted octanol–water partition coefficient (Wildman–Crippen LogP) is 2.96. The van der Waals surface area contributed by atoms with Crippen LogP contribution in [0.1, 0.15) is 32.6 Å². The molecule has 1 aliphatic heterocycles. The van der Waals surface area contributed by atoms with Crippen LogP contribution in [0.5, 0.6) is 17.2 Å². The monoisotopic (exact) mass is 277 g/mol. The molecule has 1 aromatic carbocycles. The van der Waals surface area contributed by atoms with Gasteiger partial charge in [0.15, 0.2) is 11.5 Å². The van der Waals surface area contributed by atoms with Crippen molar-refractivity contribution in [3.8, 4) is 17.2 Å². The van der Waals surface area contributed by atoms with Crippen LogP contribution < -0.4 is 19.5 Å². The van der Waals surface area contributed by atoms with E-state index >= 15 is 0 Å². The van der Waals surface area contributed by atoms with Gasteiger partial charge in [-0.25, -0.2) is 0 Å². The summed E-state index contributed by atoms with van der Waals surface area (Å²) >= 11 is 0. The summed E-state index contributed by atoms with van der Waals surface area (Å²) in [6, 6.07) is 6.46. The first-order valence-corrected chi connectivity index (χ1v) is 7.62. The standard InChI is InChI=1S/C16H23NO3/c1-2-17-14-5-3-4-12(14)8-9-18-13-6-7-15-16(10-13)20-11-19-15/h6-7,10,12,14,17H,2-5,8-9,11H2,1H3. The van der Waals surface area contributed by atoms with Crippen molar-refractivity contribution in [2.24, 2.45) is 5.92 Å². The molecule has 1 N–H and O–H groups in total. The van der Waals surface area contributed by atoms with E-state index in [-0.39, 0.29) is 0 Å². The van der Waals surface area contributed by atoms with E-state index in [0.29, 0.717) is 12.8 Å². The lowest BCUT2D eigenvalue weighted by molar-refractivity contribution is 0.173.